The van der Waals surface area contributed by atoms with E-state index in [1.165, 1.54) is 6.33 Å². The molecule has 0 saturated carbocycles. The molecule has 102 valence electrons. The lowest BCUT2D eigenvalue weighted by Gasteiger charge is -2.13. The number of nitrogens with zero attached hydrogens (tertiary/aromatic N) is 2. The zero-order valence-electron chi connectivity index (χ0n) is 11.2. The summed E-state index contributed by atoms with van der Waals surface area (Å²) in [5.74, 6) is 1.85. The molecule has 0 saturated heterocycles. The minimum absolute atomic E-state index is 0.417. The first-order valence-electron chi connectivity index (χ1n) is 5.95. The molecule has 0 aliphatic heterocycles. The van der Waals surface area contributed by atoms with Crippen LogP contribution in [0.5, 0.6) is 11.5 Å². The van der Waals surface area contributed by atoms with Crippen LogP contribution in [0.15, 0.2) is 18.5 Å². The average molecular weight is 263 g/mol. The number of aliphatic hydroxyl groups excluding tert-OH is 1. The molecule has 1 atom stereocenters. The Morgan fingerprint density at radius 3 is 2.68 bits per heavy atom. The minimum Gasteiger partial charge on any atom is -0.493 e. The van der Waals surface area contributed by atoms with Gasteiger partial charge in [0.2, 0.25) is 0 Å². The lowest BCUT2D eigenvalue weighted by Crippen LogP contribution is -2.16. The molecule has 2 rings (SSSR count). The van der Waals surface area contributed by atoms with Crippen LogP contribution in [-0.2, 0) is 0 Å². The highest BCUT2D eigenvalue weighted by Gasteiger charge is 2.13. The molecule has 0 bridgehead atoms. The molecular formula is C13H17N3O3. The summed E-state index contributed by atoms with van der Waals surface area (Å²) in [6, 6.07) is 3.67. The van der Waals surface area contributed by atoms with Gasteiger partial charge in [-0.2, -0.15) is 0 Å². The second kappa shape index (κ2) is 5.71. The molecule has 1 aromatic heterocycles. The molecule has 1 heterocycles. The molecule has 0 amide bonds. The third kappa shape index (κ3) is 2.68. The zero-order chi connectivity index (χ0) is 13.8. The van der Waals surface area contributed by atoms with Crippen molar-refractivity contribution in [1.29, 1.82) is 0 Å². The second-order valence-electron chi connectivity index (χ2n) is 4.15. The highest BCUT2D eigenvalue weighted by molar-refractivity contribution is 5.94. The Labute approximate surface area is 111 Å². The highest BCUT2D eigenvalue weighted by atomic mass is 16.5. The summed E-state index contributed by atoms with van der Waals surface area (Å²) in [5, 5.41) is 13.2. The molecule has 6 nitrogen and oxygen atoms in total. The molecule has 2 N–H and O–H groups in total. The van der Waals surface area contributed by atoms with Gasteiger partial charge in [-0.15, -0.1) is 0 Å². The van der Waals surface area contributed by atoms with Crippen molar-refractivity contribution in [3.8, 4) is 11.5 Å². The number of nitrogens with one attached hydrogen (secondary N) is 1. The molecular weight excluding hydrogens is 246 g/mol. The number of aromatic nitrogens is 2. The quantitative estimate of drug-likeness (QED) is 0.850. The van der Waals surface area contributed by atoms with E-state index >= 15 is 0 Å². The van der Waals surface area contributed by atoms with Crippen molar-refractivity contribution in [2.75, 3.05) is 26.1 Å². The number of hydrogen-bond donors (Lipinski definition) is 2. The minimum atomic E-state index is -0.454. The Balaban J connectivity index is 2.51. The maximum atomic E-state index is 9.32. The highest BCUT2D eigenvalue weighted by Crippen LogP contribution is 2.35. The fraction of sp³-hybridized carbons (Fsp3) is 0.385. The molecule has 6 heteroatoms. The summed E-state index contributed by atoms with van der Waals surface area (Å²) in [5.41, 5.74) is 0.671. The summed E-state index contributed by atoms with van der Waals surface area (Å²) in [6.45, 7) is 2.13. The molecule has 19 heavy (non-hydrogen) atoms. The number of fused-ring (bicyclic) bond motifs is 1. The first-order valence-corrected chi connectivity index (χ1v) is 5.95. The van der Waals surface area contributed by atoms with Crippen LogP contribution in [0.4, 0.5) is 5.82 Å². The van der Waals surface area contributed by atoms with Crippen molar-refractivity contribution in [2.24, 2.45) is 0 Å². The van der Waals surface area contributed by atoms with Crippen molar-refractivity contribution in [1.82, 2.24) is 9.97 Å². The van der Waals surface area contributed by atoms with Crippen LogP contribution in [0.2, 0.25) is 0 Å². The summed E-state index contributed by atoms with van der Waals surface area (Å²) in [6.07, 6.45) is 0.999. The third-order valence-corrected chi connectivity index (χ3v) is 2.71. The van der Waals surface area contributed by atoms with E-state index in [-0.39, 0.29) is 0 Å². The predicted molar refractivity (Wildman–Crippen MR) is 72.8 cm³/mol. The van der Waals surface area contributed by atoms with Crippen LogP contribution in [0.25, 0.3) is 10.9 Å². The Bertz CT molecular complexity index is 572. The van der Waals surface area contributed by atoms with Crippen molar-refractivity contribution < 1.29 is 14.6 Å². The summed E-state index contributed by atoms with van der Waals surface area (Å²) < 4.78 is 10.6. The SMILES string of the molecule is COc1ccc2c(NCC(C)O)ncnc2c1OC. The van der Waals surface area contributed by atoms with Gasteiger partial charge in [-0.05, 0) is 19.1 Å². The number of hydrogen-bond acceptors (Lipinski definition) is 6. The summed E-state index contributed by atoms with van der Waals surface area (Å²) in [7, 11) is 3.15. The van der Waals surface area contributed by atoms with E-state index in [2.05, 4.69) is 15.3 Å². The van der Waals surface area contributed by atoms with Crippen LogP contribution < -0.4 is 14.8 Å². The maximum Gasteiger partial charge on any atom is 0.187 e. The normalized spacial score (nSPS) is 12.2. The molecule has 0 spiro atoms. The fourth-order valence-corrected chi connectivity index (χ4v) is 1.83. The van der Waals surface area contributed by atoms with Gasteiger partial charge in [0.05, 0.1) is 20.3 Å². The Morgan fingerprint density at radius 1 is 1.26 bits per heavy atom. The van der Waals surface area contributed by atoms with Gasteiger partial charge >= 0.3 is 0 Å². The number of benzene rings is 1. The van der Waals surface area contributed by atoms with Gasteiger partial charge in [-0.25, -0.2) is 9.97 Å². The van der Waals surface area contributed by atoms with Gasteiger partial charge < -0.3 is 19.9 Å². The average Bonchev–Trinajstić information content (AvgIpc) is 2.43. The van der Waals surface area contributed by atoms with Crippen LogP contribution in [0.3, 0.4) is 0 Å². The first kappa shape index (κ1) is 13.4. The largest absolute Gasteiger partial charge is 0.493 e. The van der Waals surface area contributed by atoms with Crippen molar-refractivity contribution >= 4 is 16.7 Å². The van der Waals surface area contributed by atoms with E-state index < -0.39 is 6.10 Å². The smallest absolute Gasteiger partial charge is 0.187 e. The molecule has 0 radical (unpaired) electrons. The number of anilines is 1. The lowest BCUT2D eigenvalue weighted by molar-refractivity contribution is 0.208. The second-order valence-corrected chi connectivity index (χ2v) is 4.15. The lowest BCUT2D eigenvalue weighted by atomic mass is 10.2. The van der Waals surface area contributed by atoms with E-state index in [1.807, 2.05) is 6.07 Å². The van der Waals surface area contributed by atoms with E-state index in [0.717, 1.165) is 5.39 Å². The molecule has 0 aliphatic carbocycles. The van der Waals surface area contributed by atoms with Gasteiger partial charge in [0.1, 0.15) is 17.7 Å². The van der Waals surface area contributed by atoms with Crippen LogP contribution in [0, 0.1) is 0 Å². The van der Waals surface area contributed by atoms with Gasteiger partial charge in [0, 0.05) is 11.9 Å². The zero-order valence-corrected chi connectivity index (χ0v) is 11.2. The van der Waals surface area contributed by atoms with Gasteiger partial charge in [-0.1, -0.05) is 0 Å². The van der Waals surface area contributed by atoms with Crippen molar-refractivity contribution in [2.45, 2.75) is 13.0 Å². The van der Waals surface area contributed by atoms with E-state index in [1.54, 1.807) is 27.2 Å². The van der Waals surface area contributed by atoms with Crippen molar-refractivity contribution in [3.05, 3.63) is 18.5 Å². The Kier molecular flexibility index (Phi) is 4.01. The Hall–Kier alpha value is -2.08. The molecule has 0 fully saturated rings. The van der Waals surface area contributed by atoms with Gasteiger partial charge in [0.25, 0.3) is 0 Å². The monoisotopic (exact) mass is 263 g/mol. The number of methoxy groups -OCH3 is 2. The predicted octanol–water partition coefficient (Wildman–Crippen LogP) is 1.44. The van der Waals surface area contributed by atoms with E-state index in [9.17, 15) is 5.11 Å². The molecule has 0 aliphatic rings. The van der Waals surface area contributed by atoms with Crippen LogP contribution in [-0.4, -0.2) is 41.9 Å². The molecule has 1 unspecified atom stereocenters. The fourth-order valence-electron chi connectivity index (χ4n) is 1.83. The summed E-state index contributed by atoms with van der Waals surface area (Å²) >= 11 is 0. The Morgan fingerprint density at radius 2 is 2.05 bits per heavy atom. The maximum absolute atomic E-state index is 9.32. The topological polar surface area (TPSA) is 76.5 Å². The number of ether oxygens (including phenoxy) is 2. The first-order chi connectivity index (χ1) is 9.17. The third-order valence-electron chi connectivity index (χ3n) is 2.71. The van der Waals surface area contributed by atoms with Crippen LogP contribution in [0.1, 0.15) is 6.92 Å². The van der Waals surface area contributed by atoms with Crippen molar-refractivity contribution in [3.63, 3.8) is 0 Å². The van der Waals surface area contributed by atoms with E-state index in [4.69, 9.17) is 9.47 Å². The van der Waals surface area contributed by atoms with Gasteiger partial charge in [0.15, 0.2) is 11.5 Å². The molecule has 1 aromatic carbocycles. The molecule has 2 aromatic rings. The summed E-state index contributed by atoms with van der Waals surface area (Å²) in [4.78, 5) is 8.41. The number of rotatable bonds is 5. The number of aliphatic hydroxyl groups is 1. The van der Waals surface area contributed by atoms with Crippen LogP contribution >= 0.6 is 0 Å². The standard InChI is InChI=1S/C13H17N3O3/c1-8(17)6-14-13-9-4-5-10(18-2)12(19-3)11(9)15-7-16-13/h4-5,7-8,17H,6H2,1-3H3,(H,14,15,16). The van der Waals surface area contributed by atoms with Gasteiger partial charge in [-0.3, -0.25) is 0 Å². The van der Waals surface area contributed by atoms with E-state index in [0.29, 0.717) is 29.4 Å².